The first-order chi connectivity index (χ1) is 10.7. The molecule has 0 aromatic heterocycles. The van der Waals surface area contributed by atoms with Crippen LogP contribution < -0.4 is 10.1 Å². The zero-order chi connectivity index (χ0) is 15.8. The van der Waals surface area contributed by atoms with E-state index in [1.54, 1.807) is 13.2 Å². The molecule has 3 nitrogen and oxygen atoms in total. The molecule has 0 saturated heterocycles. The van der Waals surface area contributed by atoms with Crippen LogP contribution in [0.3, 0.4) is 0 Å². The number of amides is 1. The van der Waals surface area contributed by atoms with Gasteiger partial charge in [-0.25, -0.2) is 0 Å². The van der Waals surface area contributed by atoms with Crippen LogP contribution in [-0.2, 0) is 4.79 Å². The number of nitrogens with one attached hydrogen (secondary N) is 1. The van der Waals surface area contributed by atoms with Crippen molar-refractivity contribution in [1.29, 1.82) is 0 Å². The molecule has 1 amide bonds. The first-order valence-electron chi connectivity index (χ1n) is 7.05. The third-order valence-corrected chi connectivity index (χ3v) is 3.14. The van der Waals surface area contributed by atoms with Gasteiger partial charge in [0.25, 0.3) is 5.91 Å². The number of hydrogen-bond acceptors (Lipinski definition) is 2. The van der Waals surface area contributed by atoms with Crippen molar-refractivity contribution in [3.05, 3.63) is 78.4 Å². The van der Waals surface area contributed by atoms with Crippen LogP contribution in [0.4, 0.5) is 0 Å². The fraction of sp³-hybridized carbons (Fsp3) is 0.105. The number of rotatable bonds is 6. The van der Waals surface area contributed by atoms with Crippen LogP contribution >= 0.6 is 0 Å². The van der Waals surface area contributed by atoms with Crippen molar-refractivity contribution >= 4 is 17.6 Å². The Morgan fingerprint density at radius 2 is 1.95 bits per heavy atom. The lowest BCUT2D eigenvalue weighted by molar-refractivity contribution is -0.115. The van der Waals surface area contributed by atoms with Crippen LogP contribution in [0.5, 0.6) is 5.75 Å². The fourth-order valence-corrected chi connectivity index (χ4v) is 2.06. The quantitative estimate of drug-likeness (QED) is 0.502. The molecule has 0 atom stereocenters. The molecule has 0 aliphatic carbocycles. The normalized spacial score (nSPS) is 10.9. The van der Waals surface area contributed by atoms with Crippen LogP contribution in [0.2, 0.25) is 0 Å². The van der Waals surface area contributed by atoms with Crippen molar-refractivity contribution in [2.45, 2.75) is 0 Å². The molecule has 0 bridgehead atoms. The van der Waals surface area contributed by atoms with Crippen LogP contribution in [0.25, 0.3) is 11.6 Å². The number of ether oxygens (including phenoxy) is 1. The molecule has 1 N–H and O–H groups in total. The molecular formula is C19H19NO2. The van der Waals surface area contributed by atoms with Gasteiger partial charge >= 0.3 is 0 Å². The fourth-order valence-electron chi connectivity index (χ4n) is 2.06. The second kappa shape index (κ2) is 7.84. The Morgan fingerprint density at radius 1 is 1.18 bits per heavy atom. The summed E-state index contributed by atoms with van der Waals surface area (Å²) in [4.78, 5) is 12.4. The molecule has 0 fully saturated rings. The van der Waals surface area contributed by atoms with E-state index >= 15 is 0 Å². The Kier molecular flexibility index (Phi) is 5.55. The van der Waals surface area contributed by atoms with E-state index < -0.39 is 0 Å². The predicted octanol–water partition coefficient (Wildman–Crippen LogP) is 3.54. The van der Waals surface area contributed by atoms with Gasteiger partial charge in [0, 0.05) is 12.1 Å². The van der Waals surface area contributed by atoms with Crippen molar-refractivity contribution in [3.63, 3.8) is 0 Å². The average Bonchev–Trinajstić information content (AvgIpc) is 2.58. The van der Waals surface area contributed by atoms with Gasteiger partial charge in [0.2, 0.25) is 0 Å². The van der Waals surface area contributed by atoms with E-state index in [9.17, 15) is 4.79 Å². The van der Waals surface area contributed by atoms with Crippen molar-refractivity contribution < 1.29 is 9.53 Å². The lowest BCUT2D eigenvalue weighted by Gasteiger charge is -2.09. The van der Waals surface area contributed by atoms with Gasteiger partial charge in [-0.15, -0.1) is 6.58 Å². The molecule has 0 heterocycles. The molecule has 0 saturated carbocycles. The predicted molar refractivity (Wildman–Crippen MR) is 90.5 cm³/mol. The smallest absolute Gasteiger partial charge is 0.252 e. The lowest BCUT2D eigenvalue weighted by Crippen LogP contribution is -2.24. The van der Waals surface area contributed by atoms with Gasteiger partial charge in [-0.2, -0.15) is 0 Å². The van der Waals surface area contributed by atoms with E-state index in [0.717, 1.165) is 16.9 Å². The maximum Gasteiger partial charge on any atom is 0.252 e. The van der Waals surface area contributed by atoms with Gasteiger partial charge in [0.15, 0.2) is 0 Å². The topological polar surface area (TPSA) is 38.3 Å². The third-order valence-electron chi connectivity index (χ3n) is 3.14. The minimum atomic E-state index is -0.131. The maximum absolute atomic E-state index is 12.4. The second-order valence-corrected chi connectivity index (χ2v) is 4.70. The van der Waals surface area contributed by atoms with Crippen molar-refractivity contribution in [1.82, 2.24) is 5.32 Å². The standard InChI is InChI=1S/C19H19NO2/c1-3-12-20-19(21)18(16-9-5-4-6-10-16)14-15-8-7-11-17(13-15)22-2/h3-11,13-14H,1,12H2,2H3,(H,20,21). The lowest BCUT2D eigenvalue weighted by atomic mass is 10.0. The first-order valence-corrected chi connectivity index (χ1v) is 7.05. The van der Waals surface area contributed by atoms with E-state index in [4.69, 9.17) is 4.74 Å². The number of methoxy groups -OCH3 is 1. The Balaban J connectivity index is 2.40. The second-order valence-electron chi connectivity index (χ2n) is 4.70. The Bertz CT molecular complexity index is 675. The molecule has 2 rings (SSSR count). The van der Waals surface area contributed by atoms with Crippen molar-refractivity contribution in [2.24, 2.45) is 0 Å². The Labute approximate surface area is 130 Å². The highest BCUT2D eigenvalue weighted by Crippen LogP contribution is 2.21. The number of benzene rings is 2. The minimum Gasteiger partial charge on any atom is -0.497 e. The maximum atomic E-state index is 12.4. The SMILES string of the molecule is C=CCNC(=O)C(=Cc1cccc(OC)c1)c1ccccc1. The number of carbonyl (C=O) groups is 1. The van der Waals surface area contributed by atoms with Gasteiger partial charge in [-0.1, -0.05) is 48.5 Å². The van der Waals surface area contributed by atoms with E-state index in [1.165, 1.54) is 0 Å². The minimum absolute atomic E-state index is 0.131. The van der Waals surface area contributed by atoms with Crippen LogP contribution in [0, 0.1) is 0 Å². The third kappa shape index (κ3) is 4.09. The highest BCUT2D eigenvalue weighted by molar-refractivity contribution is 6.24. The molecule has 0 aliphatic heterocycles. The van der Waals surface area contributed by atoms with Crippen LogP contribution in [0.1, 0.15) is 11.1 Å². The average molecular weight is 293 g/mol. The summed E-state index contributed by atoms with van der Waals surface area (Å²) in [5.41, 5.74) is 2.38. The summed E-state index contributed by atoms with van der Waals surface area (Å²) >= 11 is 0. The summed E-state index contributed by atoms with van der Waals surface area (Å²) < 4.78 is 5.22. The zero-order valence-electron chi connectivity index (χ0n) is 12.6. The molecule has 0 radical (unpaired) electrons. The Hall–Kier alpha value is -2.81. The molecule has 0 aliphatic rings. The summed E-state index contributed by atoms with van der Waals surface area (Å²) in [6.07, 6.45) is 3.52. The molecule has 22 heavy (non-hydrogen) atoms. The van der Waals surface area contributed by atoms with Crippen molar-refractivity contribution in [3.8, 4) is 5.75 Å². The molecule has 3 heteroatoms. The molecule has 2 aromatic rings. The molecule has 0 spiro atoms. The van der Waals surface area contributed by atoms with E-state index in [0.29, 0.717) is 12.1 Å². The van der Waals surface area contributed by atoms with Crippen molar-refractivity contribution in [2.75, 3.05) is 13.7 Å². The summed E-state index contributed by atoms with van der Waals surface area (Å²) in [6.45, 7) is 4.05. The summed E-state index contributed by atoms with van der Waals surface area (Å²) in [7, 11) is 1.62. The summed E-state index contributed by atoms with van der Waals surface area (Å²) in [6, 6.07) is 17.2. The van der Waals surface area contributed by atoms with Crippen LogP contribution in [0.15, 0.2) is 67.3 Å². The molecular weight excluding hydrogens is 274 g/mol. The summed E-state index contributed by atoms with van der Waals surface area (Å²) in [5, 5.41) is 2.82. The van der Waals surface area contributed by atoms with Gasteiger partial charge < -0.3 is 10.1 Å². The van der Waals surface area contributed by atoms with E-state index in [1.807, 2.05) is 60.7 Å². The highest BCUT2D eigenvalue weighted by Gasteiger charge is 2.11. The first kappa shape index (κ1) is 15.6. The Morgan fingerprint density at radius 3 is 2.64 bits per heavy atom. The van der Waals surface area contributed by atoms with Gasteiger partial charge in [-0.05, 0) is 29.3 Å². The van der Waals surface area contributed by atoms with Crippen LogP contribution in [-0.4, -0.2) is 19.6 Å². The number of carbonyl (C=O) groups excluding carboxylic acids is 1. The molecule has 112 valence electrons. The zero-order valence-corrected chi connectivity index (χ0v) is 12.6. The molecule has 2 aromatic carbocycles. The van der Waals surface area contributed by atoms with E-state index in [2.05, 4.69) is 11.9 Å². The number of hydrogen-bond donors (Lipinski definition) is 1. The van der Waals surface area contributed by atoms with Gasteiger partial charge in [-0.3, -0.25) is 4.79 Å². The molecule has 0 unspecified atom stereocenters. The largest absolute Gasteiger partial charge is 0.497 e. The van der Waals surface area contributed by atoms with Gasteiger partial charge in [0.05, 0.1) is 7.11 Å². The monoisotopic (exact) mass is 293 g/mol. The van der Waals surface area contributed by atoms with E-state index in [-0.39, 0.29) is 5.91 Å². The highest BCUT2D eigenvalue weighted by atomic mass is 16.5. The van der Waals surface area contributed by atoms with Gasteiger partial charge in [0.1, 0.15) is 5.75 Å². The summed E-state index contributed by atoms with van der Waals surface area (Å²) in [5.74, 6) is 0.626.